The average molecular weight is 305 g/mol. The molecule has 1 aromatic heterocycles. The lowest BCUT2D eigenvalue weighted by Gasteiger charge is -2.25. The normalized spacial score (nSPS) is 16.9. The number of nitrogens with one attached hydrogen (secondary N) is 1. The molecule has 3 aromatic rings. The molecule has 23 heavy (non-hydrogen) atoms. The van der Waals surface area contributed by atoms with Gasteiger partial charge in [0.05, 0.1) is 12.0 Å². The SMILES string of the molecule is Cc1cc2c(c(=O)[nH]1)C(c1cccc3ccccc13)CC(=O)O2. The molecule has 1 N–H and O–H groups in total. The first kappa shape index (κ1) is 13.8. The number of aryl methyl sites for hydroxylation is 1. The summed E-state index contributed by atoms with van der Waals surface area (Å²) in [6.07, 6.45) is 0.174. The predicted molar refractivity (Wildman–Crippen MR) is 87.8 cm³/mol. The van der Waals surface area contributed by atoms with Crippen molar-refractivity contribution in [3.8, 4) is 5.75 Å². The molecule has 0 aliphatic carbocycles. The minimum Gasteiger partial charge on any atom is -0.426 e. The van der Waals surface area contributed by atoms with Crippen LogP contribution in [0.5, 0.6) is 5.75 Å². The first-order chi connectivity index (χ1) is 11.1. The lowest BCUT2D eigenvalue weighted by atomic mass is 9.84. The van der Waals surface area contributed by atoms with Gasteiger partial charge in [0.15, 0.2) is 0 Å². The van der Waals surface area contributed by atoms with E-state index in [2.05, 4.69) is 4.98 Å². The molecular weight excluding hydrogens is 290 g/mol. The number of hydrogen-bond acceptors (Lipinski definition) is 3. The number of fused-ring (bicyclic) bond motifs is 2. The lowest BCUT2D eigenvalue weighted by Crippen LogP contribution is -2.28. The maximum absolute atomic E-state index is 12.5. The van der Waals surface area contributed by atoms with Crippen LogP contribution in [0.1, 0.15) is 29.2 Å². The number of ether oxygens (including phenoxy) is 1. The first-order valence-electron chi connectivity index (χ1n) is 7.55. The van der Waals surface area contributed by atoms with Crippen molar-refractivity contribution < 1.29 is 9.53 Å². The minimum atomic E-state index is -0.305. The summed E-state index contributed by atoms with van der Waals surface area (Å²) in [7, 11) is 0. The number of aromatic amines is 1. The topological polar surface area (TPSA) is 59.2 Å². The molecule has 2 heterocycles. The van der Waals surface area contributed by atoms with Gasteiger partial charge < -0.3 is 9.72 Å². The van der Waals surface area contributed by atoms with Crippen molar-refractivity contribution in [1.82, 2.24) is 4.98 Å². The Bertz CT molecular complexity index is 982. The number of benzene rings is 2. The van der Waals surface area contributed by atoms with Gasteiger partial charge in [-0.05, 0) is 23.3 Å². The molecule has 0 spiro atoms. The van der Waals surface area contributed by atoms with Crippen LogP contribution < -0.4 is 10.3 Å². The van der Waals surface area contributed by atoms with Crippen LogP contribution in [0.15, 0.2) is 53.3 Å². The summed E-state index contributed by atoms with van der Waals surface area (Å²) >= 11 is 0. The molecule has 4 heteroatoms. The van der Waals surface area contributed by atoms with Crippen molar-refractivity contribution in [2.24, 2.45) is 0 Å². The monoisotopic (exact) mass is 305 g/mol. The average Bonchev–Trinajstić information content (AvgIpc) is 2.52. The van der Waals surface area contributed by atoms with Crippen LogP contribution in [0.2, 0.25) is 0 Å². The zero-order valence-electron chi connectivity index (χ0n) is 12.6. The Balaban J connectivity index is 2.00. The number of H-pyrrole nitrogens is 1. The second-order valence-electron chi connectivity index (χ2n) is 5.86. The van der Waals surface area contributed by atoms with Gasteiger partial charge in [-0.15, -0.1) is 0 Å². The molecule has 0 amide bonds. The second-order valence-corrected chi connectivity index (χ2v) is 5.86. The fourth-order valence-corrected chi connectivity index (χ4v) is 3.34. The molecule has 4 nitrogen and oxygen atoms in total. The molecule has 0 fully saturated rings. The zero-order chi connectivity index (χ0) is 16.0. The number of carbonyl (C=O) groups excluding carboxylic acids is 1. The van der Waals surface area contributed by atoms with E-state index in [0.29, 0.717) is 17.0 Å². The Morgan fingerprint density at radius 3 is 2.74 bits per heavy atom. The van der Waals surface area contributed by atoms with E-state index in [1.54, 1.807) is 13.0 Å². The zero-order valence-corrected chi connectivity index (χ0v) is 12.6. The number of rotatable bonds is 1. The van der Waals surface area contributed by atoms with E-state index in [9.17, 15) is 9.59 Å². The van der Waals surface area contributed by atoms with Crippen molar-refractivity contribution in [3.05, 3.63) is 75.7 Å². The van der Waals surface area contributed by atoms with Gasteiger partial charge in [0.25, 0.3) is 5.56 Å². The van der Waals surface area contributed by atoms with Gasteiger partial charge in [-0.1, -0.05) is 42.5 Å². The summed E-state index contributed by atoms with van der Waals surface area (Å²) < 4.78 is 5.30. The third kappa shape index (κ3) is 2.23. The highest BCUT2D eigenvalue weighted by atomic mass is 16.5. The van der Waals surface area contributed by atoms with Crippen LogP contribution >= 0.6 is 0 Å². The fourth-order valence-electron chi connectivity index (χ4n) is 3.34. The molecule has 114 valence electrons. The Morgan fingerprint density at radius 2 is 1.87 bits per heavy atom. The summed E-state index contributed by atoms with van der Waals surface area (Å²) in [5, 5.41) is 2.15. The van der Waals surface area contributed by atoms with E-state index >= 15 is 0 Å². The van der Waals surface area contributed by atoms with Crippen LogP contribution in [0.3, 0.4) is 0 Å². The Kier molecular flexibility index (Phi) is 3.05. The Morgan fingerprint density at radius 1 is 1.09 bits per heavy atom. The largest absolute Gasteiger partial charge is 0.426 e. The third-order valence-electron chi connectivity index (χ3n) is 4.31. The number of esters is 1. The van der Waals surface area contributed by atoms with Crippen molar-refractivity contribution in [3.63, 3.8) is 0 Å². The van der Waals surface area contributed by atoms with Gasteiger partial charge in [-0.2, -0.15) is 0 Å². The third-order valence-corrected chi connectivity index (χ3v) is 4.31. The summed E-state index contributed by atoms with van der Waals surface area (Å²) in [6, 6.07) is 15.7. The van der Waals surface area contributed by atoms with Crippen molar-refractivity contribution >= 4 is 16.7 Å². The van der Waals surface area contributed by atoms with Gasteiger partial charge >= 0.3 is 5.97 Å². The van der Waals surface area contributed by atoms with Crippen LogP contribution in [0, 0.1) is 6.92 Å². The number of aromatic nitrogens is 1. The molecule has 0 radical (unpaired) electrons. The summed E-state index contributed by atoms with van der Waals surface area (Å²) in [5.41, 5.74) is 2.01. The highest BCUT2D eigenvalue weighted by molar-refractivity contribution is 5.88. The van der Waals surface area contributed by atoms with E-state index in [-0.39, 0.29) is 23.9 Å². The van der Waals surface area contributed by atoms with E-state index in [0.717, 1.165) is 16.3 Å². The molecule has 1 unspecified atom stereocenters. The van der Waals surface area contributed by atoms with E-state index in [4.69, 9.17) is 4.74 Å². The second kappa shape index (κ2) is 5.09. The van der Waals surface area contributed by atoms with Crippen molar-refractivity contribution in [1.29, 1.82) is 0 Å². The van der Waals surface area contributed by atoms with Crippen molar-refractivity contribution in [2.75, 3.05) is 0 Å². The molecule has 1 aliphatic rings. The lowest BCUT2D eigenvalue weighted by molar-refractivity contribution is -0.135. The molecule has 0 saturated carbocycles. The van der Waals surface area contributed by atoms with Crippen LogP contribution in [-0.2, 0) is 4.79 Å². The predicted octanol–water partition coefficient (Wildman–Crippen LogP) is 3.28. The van der Waals surface area contributed by atoms with Gasteiger partial charge in [-0.25, -0.2) is 0 Å². The van der Waals surface area contributed by atoms with Crippen molar-refractivity contribution in [2.45, 2.75) is 19.3 Å². The molecule has 2 aromatic carbocycles. The molecular formula is C19H15NO3. The summed E-state index contributed by atoms with van der Waals surface area (Å²) in [4.78, 5) is 27.3. The smallest absolute Gasteiger partial charge is 0.312 e. The highest BCUT2D eigenvalue weighted by Crippen LogP contribution is 2.39. The maximum Gasteiger partial charge on any atom is 0.312 e. The molecule has 1 aliphatic heterocycles. The van der Waals surface area contributed by atoms with E-state index in [1.165, 1.54) is 0 Å². The van der Waals surface area contributed by atoms with E-state index in [1.807, 2.05) is 42.5 Å². The highest BCUT2D eigenvalue weighted by Gasteiger charge is 2.32. The van der Waals surface area contributed by atoms with Gasteiger partial charge in [0, 0.05) is 17.7 Å². The Labute approximate surface area is 132 Å². The quantitative estimate of drug-likeness (QED) is 0.702. The van der Waals surface area contributed by atoms with Gasteiger partial charge in [0.2, 0.25) is 0 Å². The number of carbonyl (C=O) groups is 1. The van der Waals surface area contributed by atoms with E-state index < -0.39 is 0 Å². The summed E-state index contributed by atoms with van der Waals surface area (Å²) in [6.45, 7) is 1.77. The van der Waals surface area contributed by atoms with Crippen LogP contribution in [-0.4, -0.2) is 11.0 Å². The molecule has 0 saturated heterocycles. The van der Waals surface area contributed by atoms with Crippen LogP contribution in [0.25, 0.3) is 10.8 Å². The molecule has 0 bridgehead atoms. The van der Waals surface area contributed by atoms with Gasteiger partial charge in [-0.3, -0.25) is 9.59 Å². The van der Waals surface area contributed by atoms with Crippen LogP contribution in [0.4, 0.5) is 0 Å². The summed E-state index contributed by atoms with van der Waals surface area (Å²) in [5.74, 6) is -0.220. The molecule has 1 atom stereocenters. The first-order valence-corrected chi connectivity index (χ1v) is 7.55. The maximum atomic E-state index is 12.5. The number of pyridine rings is 1. The number of hydrogen-bond donors (Lipinski definition) is 1. The fraction of sp³-hybridized carbons (Fsp3) is 0.158. The van der Waals surface area contributed by atoms with Gasteiger partial charge in [0.1, 0.15) is 5.75 Å². The minimum absolute atomic E-state index is 0.174. The Hall–Kier alpha value is -2.88. The molecule has 4 rings (SSSR count). The standard InChI is InChI=1S/C19H15NO3/c1-11-9-16-18(19(22)20-11)15(10-17(21)23-16)14-8-4-6-12-5-2-3-7-13(12)14/h2-9,15H,10H2,1H3,(H,20,22).